The molecule has 1 saturated carbocycles. The number of nitrogens with one attached hydrogen (secondary N) is 3. The number of anilines is 1. The molecular weight excluding hydrogens is 418 g/mol. The normalized spacial score (nSPS) is 14.0. The molecule has 0 atom stereocenters. The Hall–Kier alpha value is -3.36. The summed E-state index contributed by atoms with van der Waals surface area (Å²) in [6.07, 6.45) is 3.01. The van der Waals surface area contributed by atoms with Crippen molar-refractivity contribution in [1.29, 1.82) is 0 Å². The first kappa shape index (κ1) is 23.3. The Kier molecular flexibility index (Phi) is 8.24. The molecule has 2 aromatic rings. The van der Waals surface area contributed by atoms with Crippen LogP contribution in [0.3, 0.4) is 0 Å². The zero-order chi connectivity index (χ0) is 22.9. The van der Waals surface area contributed by atoms with Crippen molar-refractivity contribution in [3.8, 4) is 11.5 Å². The Labute approximate surface area is 186 Å². The van der Waals surface area contributed by atoms with Crippen molar-refractivity contribution in [1.82, 2.24) is 10.6 Å². The topological polar surface area (TPSA) is 84.0 Å². The summed E-state index contributed by atoms with van der Waals surface area (Å²) in [5.74, 6) is 1.28. The molecule has 3 N–H and O–H groups in total. The van der Waals surface area contributed by atoms with Crippen LogP contribution < -0.4 is 25.4 Å². The molecule has 2 aromatic carbocycles. The summed E-state index contributed by atoms with van der Waals surface area (Å²) in [6.45, 7) is -2.25. The minimum Gasteiger partial charge on any atom is -0.497 e. The van der Waals surface area contributed by atoms with E-state index in [1.165, 1.54) is 13.2 Å². The van der Waals surface area contributed by atoms with E-state index >= 15 is 0 Å². The first-order valence-electron chi connectivity index (χ1n) is 10.4. The fourth-order valence-electron chi connectivity index (χ4n) is 3.29. The van der Waals surface area contributed by atoms with Crippen LogP contribution in [0.25, 0.3) is 0 Å². The van der Waals surface area contributed by atoms with Crippen molar-refractivity contribution in [2.45, 2.75) is 39.0 Å². The number of guanidine groups is 1. The largest absolute Gasteiger partial charge is 0.497 e. The summed E-state index contributed by atoms with van der Waals surface area (Å²) in [6, 6.07) is 12.2. The summed E-state index contributed by atoms with van der Waals surface area (Å²) in [7, 11) is 3.12. The van der Waals surface area contributed by atoms with E-state index in [0.29, 0.717) is 23.8 Å². The third-order valence-electron chi connectivity index (χ3n) is 5.28. The van der Waals surface area contributed by atoms with Gasteiger partial charge >= 0.3 is 6.61 Å². The van der Waals surface area contributed by atoms with Crippen LogP contribution in [-0.2, 0) is 17.9 Å². The molecule has 1 aliphatic rings. The van der Waals surface area contributed by atoms with Gasteiger partial charge in [0.25, 0.3) is 0 Å². The molecule has 1 amide bonds. The Morgan fingerprint density at radius 3 is 2.59 bits per heavy atom. The van der Waals surface area contributed by atoms with Gasteiger partial charge in [-0.15, -0.1) is 0 Å². The van der Waals surface area contributed by atoms with E-state index in [-0.39, 0.29) is 24.1 Å². The molecule has 1 aliphatic carbocycles. The van der Waals surface area contributed by atoms with Crippen LogP contribution in [0.15, 0.2) is 47.5 Å². The lowest BCUT2D eigenvalue weighted by Gasteiger charge is -2.24. The van der Waals surface area contributed by atoms with Gasteiger partial charge < -0.3 is 25.4 Å². The number of nitrogens with zero attached hydrogens (tertiary/aromatic N) is 1. The van der Waals surface area contributed by atoms with E-state index in [1.807, 2.05) is 24.3 Å². The number of alkyl halides is 2. The van der Waals surface area contributed by atoms with Crippen LogP contribution in [0.2, 0.25) is 0 Å². The SMILES string of the molecule is CN=C(NCc1cccc(NC(=O)C2CCC2)c1)NCc1cc(OC)ccc1OC(F)F. The van der Waals surface area contributed by atoms with Crippen molar-refractivity contribution >= 4 is 17.6 Å². The number of carbonyl (C=O) groups excluding carboxylic acids is 1. The second-order valence-electron chi connectivity index (χ2n) is 7.45. The average Bonchev–Trinajstić information content (AvgIpc) is 2.73. The predicted molar refractivity (Wildman–Crippen MR) is 119 cm³/mol. The number of benzene rings is 2. The van der Waals surface area contributed by atoms with Gasteiger partial charge in [-0.25, -0.2) is 0 Å². The van der Waals surface area contributed by atoms with Crippen LogP contribution in [-0.4, -0.2) is 32.6 Å². The monoisotopic (exact) mass is 446 g/mol. The number of amides is 1. The fourth-order valence-corrected chi connectivity index (χ4v) is 3.29. The molecule has 0 bridgehead atoms. The van der Waals surface area contributed by atoms with Gasteiger partial charge in [-0.2, -0.15) is 8.78 Å². The Morgan fingerprint density at radius 1 is 1.16 bits per heavy atom. The summed E-state index contributed by atoms with van der Waals surface area (Å²) < 4.78 is 35.2. The van der Waals surface area contributed by atoms with Crippen molar-refractivity contribution in [2.75, 3.05) is 19.5 Å². The van der Waals surface area contributed by atoms with Crippen molar-refractivity contribution in [3.05, 3.63) is 53.6 Å². The Bertz CT molecular complexity index is 949. The van der Waals surface area contributed by atoms with Crippen molar-refractivity contribution in [2.24, 2.45) is 10.9 Å². The second-order valence-corrected chi connectivity index (χ2v) is 7.45. The minimum atomic E-state index is -2.92. The molecule has 0 aliphatic heterocycles. The predicted octanol–water partition coefficient (Wildman–Crippen LogP) is 3.90. The maximum absolute atomic E-state index is 12.7. The van der Waals surface area contributed by atoms with E-state index < -0.39 is 6.61 Å². The van der Waals surface area contributed by atoms with Gasteiger partial charge in [0.2, 0.25) is 5.91 Å². The van der Waals surface area contributed by atoms with Crippen LogP contribution in [0.5, 0.6) is 11.5 Å². The third-order valence-corrected chi connectivity index (χ3v) is 5.28. The molecule has 0 radical (unpaired) electrons. The highest BCUT2D eigenvalue weighted by Crippen LogP contribution is 2.28. The van der Waals surface area contributed by atoms with Gasteiger partial charge in [0.05, 0.1) is 7.11 Å². The smallest absolute Gasteiger partial charge is 0.387 e. The minimum absolute atomic E-state index is 0.0682. The van der Waals surface area contributed by atoms with Crippen molar-refractivity contribution in [3.63, 3.8) is 0 Å². The highest BCUT2D eigenvalue weighted by atomic mass is 19.3. The van der Waals surface area contributed by atoms with Gasteiger partial charge in [-0.05, 0) is 48.7 Å². The highest BCUT2D eigenvalue weighted by molar-refractivity contribution is 5.93. The average molecular weight is 446 g/mol. The van der Waals surface area contributed by atoms with Gasteiger partial charge in [0, 0.05) is 37.3 Å². The van der Waals surface area contributed by atoms with E-state index in [9.17, 15) is 13.6 Å². The lowest BCUT2D eigenvalue weighted by Crippen LogP contribution is -2.36. The summed E-state index contributed by atoms with van der Waals surface area (Å²) >= 11 is 0. The molecule has 0 spiro atoms. The Balaban J connectivity index is 1.56. The number of aliphatic imine (C=N–C) groups is 1. The molecule has 3 rings (SSSR count). The molecule has 9 heteroatoms. The second kappa shape index (κ2) is 11.3. The van der Waals surface area contributed by atoms with E-state index in [0.717, 1.165) is 30.5 Å². The molecule has 0 aromatic heterocycles. The number of halogens is 2. The van der Waals surface area contributed by atoms with Gasteiger partial charge in [0.15, 0.2) is 5.96 Å². The number of rotatable bonds is 9. The maximum Gasteiger partial charge on any atom is 0.387 e. The van der Waals surface area contributed by atoms with E-state index in [1.54, 1.807) is 19.2 Å². The van der Waals surface area contributed by atoms with Gasteiger partial charge in [-0.3, -0.25) is 9.79 Å². The molecule has 32 heavy (non-hydrogen) atoms. The quantitative estimate of drug-likeness (QED) is 0.402. The van der Waals surface area contributed by atoms with Crippen LogP contribution >= 0.6 is 0 Å². The zero-order valence-electron chi connectivity index (χ0n) is 18.2. The van der Waals surface area contributed by atoms with Gasteiger partial charge in [-0.1, -0.05) is 18.6 Å². The molecular formula is C23H28F2N4O3. The molecule has 172 valence electrons. The van der Waals surface area contributed by atoms with Crippen molar-refractivity contribution < 1.29 is 23.0 Å². The number of ether oxygens (including phenoxy) is 2. The summed E-state index contributed by atoms with van der Waals surface area (Å²) in [5, 5.41) is 9.23. The van der Waals surface area contributed by atoms with Gasteiger partial charge in [0.1, 0.15) is 11.5 Å². The fraction of sp³-hybridized carbons (Fsp3) is 0.391. The number of carbonyl (C=O) groups is 1. The molecule has 0 unspecified atom stereocenters. The molecule has 1 fully saturated rings. The standard InChI is InChI=1S/C23H28F2N4O3/c1-26-23(28-14-17-12-19(31-2)9-10-20(17)32-22(24)25)27-13-15-5-3-8-18(11-15)29-21(30)16-6-4-7-16/h3,5,8-12,16,22H,4,6-7,13-14H2,1-2H3,(H,29,30)(H2,26,27,28). The third kappa shape index (κ3) is 6.57. The zero-order valence-corrected chi connectivity index (χ0v) is 18.2. The summed E-state index contributed by atoms with van der Waals surface area (Å²) in [4.78, 5) is 16.3. The maximum atomic E-state index is 12.7. The lowest BCUT2D eigenvalue weighted by molar-refractivity contribution is -0.122. The van der Waals surface area contributed by atoms with E-state index in [4.69, 9.17) is 4.74 Å². The first-order chi connectivity index (χ1) is 15.5. The summed E-state index contributed by atoms with van der Waals surface area (Å²) in [5.41, 5.74) is 2.23. The van der Waals surface area contributed by atoms with Crippen LogP contribution in [0, 0.1) is 5.92 Å². The molecule has 0 heterocycles. The number of hydrogen-bond donors (Lipinski definition) is 3. The number of methoxy groups -OCH3 is 1. The molecule has 0 saturated heterocycles. The number of hydrogen-bond acceptors (Lipinski definition) is 4. The highest BCUT2D eigenvalue weighted by Gasteiger charge is 2.25. The lowest BCUT2D eigenvalue weighted by atomic mass is 9.85. The van der Waals surface area contributed by atoms with E-state index in [2.05, 4.69) is 25.7 Å². The Morgan fingerprint density at radius 2 is 1.94 bits per heavy atom. The van der Waals surface area contributed by atoms with Crippen LogP contribution in [0.4, 0.5) is 14.5 Å². The van der Waals surface area contributed by atoms with Crippen LogP contribution in [0.1, 0.15) is 30.4 Å². The molecule has 7 nitrogen and oxygen atoms in total. The first-order valence-corrected chi connectivity index (χ1v) is 10.4.